The van der Waals surface area contributed by atoms with Crippen molar-refractivity contribution in [3.63, 3.8) is 0 Å². The van der Waals surface area contributed by atoms with Gasteiger partial charge in [0, 0.05) is 0 Å². The van der Waals surface area contributed by atoms with Gasteiger partial charge in [-0.3, -0.25) is 6.08 Å². The van der Waals surface area contributed by atoms with Crippen LogP contribution in [0.5, 0.6) is 0 Å². The third kappa shape index (κ3) is 8.06. The summed E-state index contributed by atoms with van der Waals surface area (Å²) in [6.07, 6.45) is 13.3. The zero-order chi connectivity index (χ0) is 23.8. The molecule has 0 unspecified atom stereocenters. The van der Waals surface area contributed by atoms with E-state index < -0.39 is 0 Å². The predicted octanol–water partition coefficient (Wildman–Crippen LogP) is 7.80. The van der Waals surface area contributed by atoms with Crippen molar-refractivity contribution in [1.29, 1.82) is 0 Å². The van der Waals surface area contributed by atoms with Gasteiger partial charge in [-0.15, -0.1) is 12.0 Å². The van der Waals surface area contributed by atoms with E-state index in [9.17, 15) is 0 Å². The predicted molar refractivity (Wildman–Crippen MR) is 143 cm³/mol. The van der Waals surface area contributed by atoms with Crippen molar-refractivity contribution in [1.82, 2.24) is 0 Å². The Morgan fingerprint density at radius 1 is 0.676 bits per heavy atom. The van der Waals surface area contributed by atoms with Gasteiger partial charge in [0.05, 0.1) is 0 Å². The van der Waals surface area contributed by atoms with Crippen LogP contribution in [-0.2, 0) is 39.2 Å². The van der Waals surface area contributed by atoms with Crippen molar-refractivity contribution in [2.75, 3.05) is 0 Å². The number of rotatable bonds is 3. The van der Waals surface area contributed by atoms with Gasteiger partial charge in [-0.05, 0) is 30.4 Å². The molecular weight excluding hydrogens is 444 g/mol. The normalized spacial score (nSPS) is 11.6. The molecule has 0 spiro atoms. The van der Waals surface area contributed by atoms with Crippen LogP contribution in [0.3, 0.4) is 0 Å². The number of hydrogen-bond donors (Lipinski definition) is 0. The molecule has 0 aliphatic heterocycles. The molecule has 34 heavy (non-hydrogen) atoms. The first kappa shape index (κ1) is 25.6. The molecule has 0 aromatic heterocycles. The van der Waals surface area contributed by atoms with Gasteiger partial charge < -0.3 is 0 Å². The zero-order valence-corrected chi connectivity index (χ0v) is 21.1. The second kappa shape index (κ2) is 15.0. The Balaban J connectivity index is 0.000000150. The van der Waals surface area contributed by atoms with E-state index in [0.29, 0.717) is 0 Å². The molecule has 0 fully saturated rings. The van der Waals surface area contributed by atoms with E-state index in [1.807, 2.05) is 18.2 Å². The van der Waals surface area contributed by atoms with Crippen molar-refractivity contribution in [2.24, 2.45) is 0 Å². The topological polar surface area (TPSA) is 0 Å². The Bertz CT molecular complexity index is 1080. The van der Waals surface area contributed by atoms with Gasteiger partial charge >= 0.3 is 24.8 Å². The monoisotopic (exact) mass is 474 g/mol. The van der Waals surface area contributed by atoms with Gasteiger partial charge in [-0.25, -0.2) is 12.2 Å². The van der Waals surface area contributed by atoms with Gasteiger partial charge in [-0.2, -0.15) is 35.9 Å². The molecule has 0 nitrogen and oxygen atoms in total. The molecule has 2 aliphatic rings. The van der Waals surface area contributed by atoms with Crippen LogP contribution in [0.1, 0.15) is 28.7 Å². The van der Waals surface area contributed by atoms with Crippen LogP contribution in [-0.4, -0.2) is 4.82 Å². The molecule has 166 valence electrons. The molecule has 4 aromatic carbocycles. The van der Waals surface area contributed by atoms with E-state index in [1.54, 1.807) is 20.0 Å². The van der Waals surface area contributed by atoms with Crippen molar-refractivity contribution in [2.45, 2.75) is 25.7 Å². The summed E-state index contributed by atoms with van der Waals surface area (Å²) >= 11 is 1.75. The van der Waals surface area contributed by atoms with Gasteiger partial charge in [0.15, 0.2) is 0 Å². The molecule has 6 rings (SSSR count). The van der Waals surface area contributed by atoms with Crippen LogP contribution in [0.2, 0.25) is 0 Å². The Kier molecular flexibility index (Phi) is 11.3. The van der Waals surface area contributed by atoms with Gasteiger partial charge in [0.25, 0.3) is 0 Å². The standard InChI is InChI=1S/C14H14.C13H9.C5H5.CH2.Ti/c1-3-7-13(8-4-1)11-12-14-9-5-2-6-10-14;1-3-7-12-10(5-1)9-11-6-2-4-8-13(11)12;1-2-4-5-3-1;;/h1-10H,11-12H2;1-5,7-8H,9H2;1-3H,4H2;1H2;/q;2*-1;;+2. The van der Waals surface area contributed by atoms with Crippen molar-refractivity contribution in [3.05, 3.63) is 156 Å². The van der Waals surface area contributed by atoms with Gasteiger partial charge in [0.1, 0.15) is 0 Å². The smallest absolute Gasteiger partial charge is 0.0238 e. The van der Waals surface area contributed by atoms with E-state index in [2.05, 4.69) is 120 Å². The maximum atomic E-state index is 3.30. The molecular formula is C33H30Ti. The van der Waals surface area contributed by atoms with E-state index in [0.717, 1.165) is 25.7 Å². The molecule has 0 saturated carbocycles. The fourth-order valence-corrected chi connectivity index (χ4v) is 3.92. The van der Waals surface area contributed by atoms with Gasteiger partial charge in [-0.1, -0.05) is 96.1 Å². The van der Waals surface area contributed by atoms with Crippen LogP contribution in [0.15, 0.2) is 121 Å². The second-order valence-electron chi connectivity index (χ2n) is 7.87. The molecule has 0 atom stereocenters. The summed E-state index contributed by atoms with van der Waals surface area (Å²) in [6.45, 7) is 0. The van der Waals surface area contributed by atoms with Gasteiger partial charge in [0.2, 0.25) is 0 Å². The summed E-state index contributed by atoms with van der Waals surface area (Å²) in [5, 5.41) is 0. The Morgan fingerprint density at radius 3 is 1.82 bits per heavy atom. The summed E-state index contributed by atoms with van der Waals surface area (Å²) in [5.74, 6) is 0. The van der Waals surface area contributed by atoms with Crippen LogP contribution in [0, 0.1) is 12.1 Å². The fraction of sp³-hybridized carbons (Fsp3) is 0.121. The number of fused-ring (bicyclic) bond motifs is 3. The van der Waals surface area contributed by atoms with E-state index >= 15 is 0 Å². The van der Waals surface area contributed by atoms with Crippen molar-refractivity contribution >= 4 is 4.82 Å². The Morgan fingerprint density at radius 2 is 1.26 bits per heavy atom. The third-order valence-electron chi connectivity index (χ3n) is 5.59. The summed E-state index contributed by atoms with van der Waals surface area (Å²) in [6, 6.07) is 39.4. The van der Waals surface area contributed by atoms with Crippen LogP contribution in [0.4, 0.5) is 0 Å². The zero-order valence-electron chi connectivity index (χ0n) is 19.6. The first-order chi connectivity index (χ1) is 16.9. The largest absolute Gasteiger partial charge is 0.179 e. The third-order valence-corrected chi connectivity index (χ3v) is 5.59. The van der Waals surface area contributed by atoms with E-state index in [-0.39, 0.29) is 0 Å². The first-order valence-electron chi connectivity index (χ1n) is 11.6. The van der Waals surface area contributed by atoms with Crippen LogP contribution < -0.4 is 0 Å². The minimum Gasteiger partial charge on any atom is -0.179 e. The molecule has 0 N–H and O–H groups in total. The maximum absolute atomic E-state index is 3.30. The summed E-state index contributed by atoms with van der Waals surface area (Å²) < 4.78 is 0. The van der Waals surface area contributed by atoms with Crippen molar-refractivity contribution in [3.8, 4) is 11.1 Å². The average molecular weight is 474 g/mol. The summed E-state index contributed by atoms with van der Waals surface area (Å²) in [4.78, 5) is 3.25. The Labute approximate surface area is 216 Å². The van der Waals surface area contributed by atoms with Crippen LogP contribution >= 0.6 is 0 Å². The minimum absolute atomic E-state index is 1.01. The number of hydrogen-bond acceptors (Lipinski definition) is 0. The summed E-state index contributed by atoms with van der Waals surface area (Å²) in [5.41, 5.74) is 8.34. The second-order valence-corrected chi connectivity index (χ2v) is 7.87. The number of aryl methyl sites for hydroxylation is 2. The maximum Gasteiger partial charge on any atom is -0.0238 e. The molecule has 0 bridgehead atoms. The number of allylic oxidation sites excluding steroid dienone is 4. The molecule has 2 aliphatic carbocycles. The molecule has 0 amide bonds. The average Bonchev–Trinajstić information content (AvgIpc) is 3.62. The first-order valence-corrected chi connectivity index (χ1v) is 12.7. The quantitative estimate of drug-likeness (QED) is 0.185. The molecule has 0 heterocycles. The fourth-order valence-electron chi connectivity index (χ4n) is 3.92. The van der Waals surface area contributed by atoms with Crippen molar-refractivity contribution < 1.29 is 20.0 Å². The van der Waals surface area contributed by atoms with E-state index in [4.69, 9.17) is 0 Å². The Hall–Kier alpha value is -3.06. The molecule has 4 aromatic rings. The molecule has 0 saturated heterocycles. The molecule has 1 heteroatoms. The van der Waals surface area contributed by atoms with E-state index in [1.165, 1.54) is 33.4 Å². The molecule has 0 radical (unpaired) electrons. The minimum atomic E-state index is 1.01. The SMILES string of the molecule is [C-]1=CC=CC1.[CH2]=[Ti+2].[c-]1cccc2c1Cc1ccccc1-2.c1ccc(CCc2ccccc2)cc1. The van der Waals surface area contributed by atoms with Crippen LogP contribution in [0.25, 0.3) is 11.1 Å². The summed E-state index contributed by atoms with van der Waals surface area (Å²) in [7, 11) is 0. The number of benzene rings is 4.